The van der Waals surface area contributed by atoms with Crippen molar-refractivity contribution < 1.29 is 14.3 Å². The maximum absolute atomic E-state index is 12.3. The van der Waals surface area contributed by atoms with Gasteiger partial charge in [0.2, 0.25) is 5.91 Å². The standard InChI is InChI=1S/C22H27N3O3/c1-3-4-5-6-11-24-22(27)20-15-19(9-12-23-20)28-18-7-8-21-17(14-18)10-13-25(21)16(2)26/h7-9,12,14-15H,3-6,10-11,13H2,1-2H3,(H,24,27). The molecule has 148 valence electrons. The second-order valence-electron chi connectivity index (χ2n) is 7.01. The fraction of sp³-hybridized carbons (Fsp3) is 0.409. The van der Waals surface area contributed by atoms with Crippen LogP contribution in [-0.2, 0) is 11.2 Å². The molecule has 0 bridgehead atoms. The van der Waals surface area contributed by atoms with Crippen molar-refractivity contribution in [3.8, 4) is 11.5 Å². The first-order chi connectivity index (χ1) is 13.6. The van der Waals surface area contributed by atoms with Crippen molar-refractivity contribution in [1.82, 2.24) is 10.3 Å². The molecule has 0 radical (unpaired) electrons. The van der Waals surface area contributed by atoms with Gasteiger partial charge in [-0.15, -0.1) is 0 Å². The number of anilines is 1. The van der Waals surface area contributed by atoms with Crippen LogP contribution in [0.1, 0.15) is 55.6 Å². The third-order valence-corrected chi connectivity index (χ3v) is 4.84. The largest absolute Gasteiger partial charge is 0.457 e. The number of nitrogens with zero attached hydrogens (tertiary/aromatic N) is 2. The van der Waals surface area contributed by atoms with Crippen LogP contribution in [0, 0.1) is 0 Å². The van der Waals surface area contributed by atoms with Crippen LogP contribution >= 0.6 is 0 Å². The molecule has 1 aliphatic rings. The number of hydrogen-bond acceptors (Lipinski definition) is 4. The summed E-state index contributed by atoms with van der Waals surface area (Å²) in [6.07, 6.45) is 6.84. The zero-order valence-corrected chi connectivity index (χ0v) is 16.5. The molecule has 28 heavy (non-hydrogen) atoms. The van der Waals surface area contributed by atoms with Crippen molar-refractivity contribution in [1.29, 1.82) is 0 Å². The van der Waals surface area contributed by atoms with Crippen LogP contribution in [0.4, 0.5) is 5.69 Å². The zero-order valence-electron chi connectivity index (χ0n) is 16.5. The summed E-state index contributed by atoms with van der Waals surface area (Å²) in [4.78, 5) is 29.9. The van der Waals surface area contributed by atoms with E-state index in [4.69, 9.17) is 4.74 Å². The van der Waals surface area contributed by atoms with Crippen molar-refractivity contribution in [2.24, 2.45) is 0 Å². The van der Waals surface area contributed by atoms with Gasteiger partial charge in [0.1, 0.15) is 17.2 Å². The van der Waals surface area contributed by atoms with E-state index in [1.807, 2.05) is 18.2 Å². The number of rotatable bonds is 8. The van der Waals surface area contributed by atoms with Gasteiger partial charge < -0.3 is 15.0 Å². The monoisotopic (exact) mass is 381 g/mol. The predicted octanol–water partition coefficient (Wildman–Crippen LogP) is 4.09. The normalized spacial score (nSPS) is 12.6. The van der Waals surface area contributed by atoms with Gasteiger partial charge in [0, 0.05) is 38.0 Å². The molecule has 0 unspecified atom stereocenters. The summed E-state index contributed by atoms with van der Waals surface area (Å²) in [6.45, 7) is 5.09. The molecular formula is C22H27N3O3. The van der Waals surface area contributed by atoms with Crippen LogP contribution in [0.15, 0.2) is 36.5 Å². The summed E-state index contributed by atoms with van der Waals surface area (Å²) >= 11 is 0. The highest BCUT2D eigenvalue weighted by Gasteiger charge is 2.22. The van der Waals surface area contributed by atoms with Gasteiger partial charge in [0.15, 0.2) is 0 Å². The van der Waals surface area contributed by atoms with E-state index in [1.165, 1.54) is 12.8 Å². The number of hydrogen-bond donors (Lipinski definition) is 1. The molecule has 1 aromatic heterocycles. The van der Waals surface area contributed by atoms with Crippen LogP contribution in [0.3, 0.4) is 0 Å². The van der Waals surface area contributed by atoms with Crippen molar-refractivity contribution in [2.75, 3.05) is 18.0 Å². The number of amides is 2. The second kappa shape index (κ2) is 9.35. The number of carbonyl (C=O) groups is 2. The van der Waals surface area contributed by atoms with Crippen LogP contribution in [0.5, 0.6) is 11.5 Å². The van der Waals surface area contributed by atoms with Gasteiger partial charge in [-0.05, 0) is 42.7 Å². The van der Waals surface area contributed by atoms with Gasteiger partial charge in [-0.25, -0.2) is 0 Å². The molecule has 1 aromatic carbocycles. The first-order valence-electron chi connectivity index (χ1n) is 9.91. The summed E-state index contributed by atoms with van der Waals surface area (Å²) in [5, 5.41) is 2.90. The minimum atomic E-state index is -0.187. The van der Waals surface area contributed by atoms with Crippen LogP contribution in [-0.4, -0.2) is 29.9 Å². The van der Waals surface area contributed by atoms with Crippen LogP contribution < -0.4 is 15.0 Å². The Morgan fingerprint density at radius 3 is 2.75 bits per heavy atom. The smallest absolute Gasteiger partial charge is 0.270 e. The Labute approximate surface area is 165 Å². The van der Waals surface area contributed by atoms with E-state index in [1.54, 1.807) is 30.2 Å². The van der Waals surface area contributed by atoms with Crippen LogP contribution in [0.2, 0.25) is 0 Å². The number of carbonyl (C=O) groups excluding carboxylic acids is 2. The lowest BCUT2D eigenvalue weighted by molar-refractivity contribution is -0.116. The van der Waals surface area contributed by atoms with Crippen molar-refractivity contribution in [3.63, 3.8) is 0 Å². The summed E-state index contributed by atoms with van der Waals surface area (Å²) in [6, 6.07) is 9.08. The average Bonchev–Trinajstić information content (AvgIpc) is 3.11. The van der Waals surface area contributed by atoms with Gasteiger partial charge in [0.25, 0.3) is 5.91 Å². The molecule has 0 fully saturated rings. The Kier molecular flexibility index (Phi) is 6.63. The van der Waals surface area contributed by atoms with Crippen molar-refractivity contribution >= 4 is 17.5 Å². The third kappa shape index (κ3) is 4.88. The van der Waals surface area contributed by atoms with Gasteiger partial charge >= 0.3 is 0 Å². The molecule has 1 N–H and O–H groups in total. The molecule has 0 aliphatic carbocycles. The van der Waals surface area contributed by atoms with Gasteiger partial charge in [-0.1, -0.05) is 26.2 Å². The average molecular weight is 381 g/mol. The molecule has 2 aromatic rings. The number of aromatic nitrogens is 1. The molecular weight excluding hydrogens is 354 g/mol. The van der Waals surface area contributed by atoms with Crippen LogP contribution in [0.25, 0.3) is 0 Å². The van der Waals surface area contributed by atoms with E-state index in [9.17, 15) is 9.59 Å². The number of ether oxygens (including phenoxy) is 1. The number of unbranched alkanes of at least 4 members (excludes halogenated alkanes) is 3. The van der Waals surface area contributed by atoms with Gasteiger partial charge in [0.05, 0.1) is 0 Å². The topological polar surface area (TPSA) is 71.5 Å². The molecule has 0 saturated heterocycles. The fourth-order valence-corrected chi connectivity index (χ4v) is 3.35. The van der Waals surface area contributed by atoms with Gasteiger partial charge in [-0.2, -0.15) is 0 Å². The molecule has 3 rings (SSSR count). The second-order valence-corrected chi connectivity index (χ2v) is 7.01. The maximum atomic E-state index is 12.3. The lowest BCUT2D eigenvalue weighted by atomic mass is 10.1. The first kappa shape index (κ1) is 19.9. The zero-order chi connectivity index (χ0) is 19.9. The highest BCUT2D eigenvalue weighted by Crippen LogP contribution is 2.33. The molecule has 0 spiro atoms. The summed E-state index contributed by atoms with van der Waals surface area (Å²) < 4.78 is 5.92. The fourth-order valence-electron chi connectivity index (χ4n) is 3.35. The third-order valence-electron chi connectivity index (χ3n) is 4.84. The number of nitrogens with one attached hydrogen (secondary N) is 1. The molecule has 0 atom stereocenters. The van der Waals surface area contributed by atoms with E-state index in [0.29, 0.717) is 30.3 Å². The molecule has 6 heteroatoms. The Balaban J connectivity index is 1.62. The molecule has 0 saturated carbocycles. The highest BCUT2D eigenvalue weighted by atomic mass is 16.5. The Morgan fingerprint density at radius 2 is 1.96 bits per heavy atom. The summed E-state index contributed by atoms with van der Waals surface area (Å²) in [5.41, 5.74) is 2.38. The van der Waals surface area contributed by atoms with E-state index < -0.39 is 0 Å². The Hall–Kier alpha value is -2.89. The highest BCUT2D eigenvalue weighted by molar-refractivity contribution is 5.94. The number of fused-ring (bicyclic) bond motifs is 1. The number of pyridine rings is 1. The van der Waals surface area contributed by atoms with Crippen molar-refractivity contribution in [3.05, 3.63) is 47.8 Å². The number of benzene rings is 1. The van der Waals surface area contributed by atoms with E-state index in [2.05, 4.69) is 17.2 Å². The molecule has 2 heterocycles. The molecule has 2 amide bonds. The van der Waals surface area contributed by atoms with Gasteiger partial charge in [-0.3, -0.25) is 14.6 Å². The minimum absolute atomic E-state index is 0.0481. The molecule has 1 aliphatic heterocycles. The Bertz CT molecular complexity index is 851. The summed E-state index contributed by atoms with van der Waals surface area (Å²) in [5.74, 6) is 1.11. The SMILES string of the molecule is CCCCCCNC(=O)c1cc(Oc2ccc3c(c2)CCN3C(C)=O)ccn1. The lowest BCUT2D eigenvalue weighted by Crippen LogP contribution is -2.25. The van der Waals surface area contributed by atoms with E-state index in [0.717, 1.165) is 30.5 Å². The molecule has 6 nitrogen and oxygen atoms in total. The van der Waals surface area contributed by atoms with E-state index >= 15 is 0 Å². The van der Waals surface area contributed by atoms with E-state index in [-0.39, 0.29) is 11.8 Å². The maximum Gasteiger partial charge on any atom is 0.270 e. The minimum Gasteiger partial charge on any atom is -0.457 e. The Morgan fingerprint density at radius 1 is 1.14 bits per heavy atom. The lowest BCUT2D eigenvalue weighted by Gasteiger charge is -2.15. The predicted molar refractivity (Wildman–Crippen MR) is 109 cm³/mol. The quantitative estimate of drug-likeness (QED) is 0.699. The first-order valence-corrected chi connectivity index (χ1v) is 9.91. The summed E-state index contributed by atoms with van der Waals surface area (Å²) in [7, 11) is 0. The van der Waals surface area contributed by atoms with Crippen molar-refractivity contribution in [2.45, 2.75) is 46.0 Å².